The lowest BCUT2D eigenvalue weighted by Gasteiger charge is -2.15. The highest BCUT2D eigenvalue weighted by Crippen LogP contribution is 2.25. The maximum absolute atomic E-state index is 12.5. The molecular weight excluding hydrogens is 292 g/mol. The molecule has 1 N–H and O–H groups in total. The van der Waals surface area contributed by atoms with Crippen molar-refractivity contribution in [3.63, 3.8) is 0 Å². The zero-order valence-electron chi connectivity index (χ0n) is 11.7. The zero-order chi connectivity index (χ0) is 15.7. The molecule has 1 aromatic carbocycles. The second-order valence-corrected chi connectivity index (χ2v) is 5.33. The summed E-state index contributed by atoms with van der Waals surface area (Å²) in [5, 5.41) is 12.9. The van der Waals surface area contributed by atoms with Crippen molar-refractivity contribution in [2.24, 2.45) is 0 Å². The average Bonchev–Trinajstić information content (AvgIpc) is 3.04. The third-order valence-electron chi connectivity index (χ3n) is 3.74. The number of aromatic carboxylic acids is 1. The molecule has 5 nitrogen and oxygen atoms in total. The van der Waals surface area contributed by atoms with E-state index in [1.165, 1.54) is 10.9 Å². The van der Waals surface area contributed by atoms with Gasteiger partial charge in [-0.1, -0.05) is 6.07 Å². The number of benzene rings is 1. The fourth-order valence-electron chi connectivity index (χ4n) is 2.73. The highest BCUT2D eigenvalue weighted by molar-refractivity contribution is 5.87. The molecule has 0 amide bonds. The summed E-state index contributed by atoms with van der Waals surface area (Å²) in [7, 11) is 0. The lowest BCUT2D eigenvalue weighted by molar-refractivity contribution is 0.0696. The summed E-state index contributed by atoms with van der Waals surface area (Å²) in [5.74, 6) is -0.948. The second kappa shape index (κ2) is 5.84. The zero-order valence-corrected chi connectivity index (χ0v) is 11.7. The smallest absolute Gasteiger partial charge is 0.335 e. The molecule has 1 aliphatic rings. The summed E-state index contributed by atoms with van der Waals surface area (Å²) < 4.78 is 26.3. The molecule has 0 radical (unpaired) electrons. The van der Waals surface area contributed by atoms with Crippen molar-refractivity contribution in [2.75, 3.05) is 0 Å². The summed E-state index contributed by atoms with van der Waals surface area (Å²) in [4.78, 5) is 13.1. The van der Waals surface area contributed by atoms with Gasteiger partial charge in [0.05, 0.1) is 11.3 Å². The largest absolute Gasteiger partial charge is 0.478 e. The lowest BCUT2D eigenvalue weighted by Crippen LogP contribution is -2.20. The van der Waals surface area contributed by atoms with Crippen LogP contribution in [0.5, 0.6) is 0 Å². The van der Waals surface area contributed by atoms with Gasteiger partial charge in [-0.2, -0.15) is 5.10 Å². The number of carbonyl (C=O) groups is 1. The molecule has 1 aliphatic heterocycles. The number of nitrogens with zero attached hydrogens (tertiary/aromatic N) is 3. The van der Waals surface area contributed by atoms with Gasteiger partial charge in [0.25, 0.3) is 6.43 Å². The quantitative estimate of drug-likeness (QED) is 0.921. The van der Waals surface area contributed by atoms with Gasteiger partial charge >= 0.3 is 5.97 Å². The molecule has 1 aromatic heterocycles. The number of halogens is 2. The van der Waals surface area contributed by atoms with Crippen LogP contribution in [-0.2, 0) is 26.2 Å². The first-order chi connectivity index (χ1) is 10.5. The topological polar surface area (TPSA) is 58.4 Å². The minimum atomic E-state index is -2.44. The van der Waals surface area contributed by atoms with E-state index in [4.69, 9.17) is 5.11 Å². The molecule has 0 saturated carbocycles. The van der Waals surface area contributed by atoms with Crippen LogP contribution in [0.25, 0.3) is 0 Å². The first-order valence-corrected chi connectivity index (χ1v) is 6.89. The molecule has 0 unspecified atom stereocenters. The molecule has 116 valence electrons. The molecule has 0 saturated heterocycles. The van der Waals surface area contributed by atoms with Gasteiger partial charge < -0.3 is 5.11 Å². The molecule has 0 spiro atoms. The van der Waals surface area contributed by atoms with Gasteiger partial charge in [-0.25, -0.2) is 13.6 Å². The number of fused-ring (bicyclic) bond motifs is 1. The molecule has 0 atom stereocenters. The monoisotopic (exact) mass is 307 g/mol. The van der Waals surface area contributed by atoms with Gasteiger partial charge in [0.15, 0.2) is 0 Å². The van der Waals surface area contributed by atoms with E-state index in [1.807, 2.05) is 6.07 Å². The van der Waals surface area contributed by atoms with Crippen molar-refractivity contribution >= 4 is 5.97 Å². The van der Waals surface area contributed by atoms with E-state index in [-0.39, 0.29) is 5.56 Å². The Bertz CT molecular complexity index is 700. The Morgan fingerprint density at radius 1 is 1.27 bits per heavy atom. The Labute approximate surface area is 125 Å². The van der Waals surface area contributed by atoms with Crippen LogP contribution in [0, 0.1) is 0 Å². The Morgan fingerprint density at radius 3 is 2.77 bits per heavy atom. The Hall–Kier alpha value is -2.28. The SMILES string of the molecule is O=C(O)c1ccc2c(c1)CN(Cc1ccnn1CC(F)F)C2. The van der Waals surface area contributed by atoms with Crippen LogP contribution in [0.15, 0.2) is 30.5 Å². The van der Waals surface area contributed by atoms with Crippen molar-refractivity contribution in [2.45, 2.75) is 32.6 Å². The Morgan fingerprint density at radius 2 is 2.05 bits per heavy atom. The van der Waals surface area contributed by atoms with Crippen LogP contribution in [0.3, 0.4) is 0 Å². The molecular formula is C15H15F2N3O2. The molecule has 2 heterocycles. The van der Waals surface area contributed by atoms with E-state index in [2.05, 4.69) is 10.00 Å². The third-order valence-corrected chi connectivity index (χ3v) is 3.74. The molecule has 0 aliphatic carbocycles. The standard InChI is InChI=1S/C15H15F2N3O2/c16-14(17)9-20-13(3-4-18-20)8-19-6-11-2-1-10(15(21)22)5-12(11)7-19/h1-5,14H,6-9H2,(H,21,22). The van der Waals surface area contributed by atoms with Crippen molar-refractivity contribution in [3.05, 3.63) is 52.8 Å². The molecule has 2 aromatic rings. The number of rotatable bonds is 5. The minimum absolute atomic E-state index is 0.267. The predicted molar refractivity (Wildman–Crippen MR) is 74.6 cm³/mol. The van der Waals surface area contributed by atoms with Crippen molar-refractivity contribution < 1.29 is 18.7 Å². The predicted octanol–water partition coefficient (Wildman–Crippen LogP) is 2.36. The summed E-state index contributed by atoms with van der Waals surface area (Å²) >= 11 is 0. The van der Waals surface area contributed by atoms with E-state index < -0.39 is 18.9 Å². The molecule has 22 heavy (non-hydrogen) atoms. The van der Waals surface area contributed by atoms with Crippen molar-refractivity contribution in [3.8, 4) is 0 Å². The average molecular weight is 307 g/mol. The Kier molecular flexibility index (Phi) is 3.89. The van der Waals surface area contributed by atoms with Crippen LogP contribution < -0.4 is 0 Å². The number of hydrogen-bond acceptors (Lipinski definition) is 3. The first-order valence-electron chi connectivity index (χ1n) is 6.89. The van der Waals surface area contributed by atoms with E-state index in [0.717, 1.165) is 16.8 Å². The van der Waals surface area contributed by atoms with Gasteiger partial charge in [0.1, 0.15) is 6.54 Å². The summed E-state index contributed by atoms with van der Waals surface area (Å²) in [6.07, 6.45) is -0.920. The maximum atomic E-state index is 12.5. The lowest BCUT2D eigenvalue weighted by atomic mass is 10.1. The van der Waals surface area contributed by atoms with E-state index in [1.54, 1.807) is 18.2 Å². The van der Waals surface area contributed by atoms with E-state index in [0.29, 0.717) is 19.6 Å². The summed E-state index contributed by atoms with van der Waals surface area (Å²) in [5.41, 5.74) is 3.04. The number of carboxylic acids is 1. The number of alkyl halides is 2. The van der Waals surface area contributed by atoms with Crippen molar-refractivity contribution in [1.29, 1.82) is 0 Å². The first kappa shape index (κ1) is 14.6. The molecule has 0 fully saturated rings. The molecule has 0 bridgehead atoms. The molecule has 7 heteroatoms. The maximum Gasteiger partial charge on any atom is 0.335 e. The Balaban J connectivity index is 1.71. The van der Waals surface area contributed by atoms with Crippen LogP contribution in [0.4, 0.5) is 8.78 Å². The van der Waals surface area contributed by atoms with Crippen LogP contribution in [0.2, 0.25) is 0 Å². The highest BCUT2D eigenvalue weighted by atomic mass is 19.3. The minimum Gasteiger partial charge on any atom is -0.478 e. The summed E-state index contributed by atoms with van der Waals surface area (Å²) in [6.45, 7) is 1.38. The van der Waals surface area contributed by atoms with E-state index >= 15 is 0 Å². The fraction of sp³-hybridized carbons (Fsp3) is 0.333. The van der Waals surface area contributed by atoms with Crippen LogP contribution in [0.1, 0.15) is 27.2 Å². The van der Waals surface area contributed by atoms with Gasteiger partial charge in [-0.3, -0.25) is 9.58 Å². The van der Waals surface area contributed by atoms with Crippen molar-refractivity contribution in [1.82, 2.24) is 14.7 Å². The number of hydrogen-bond donors (Lipinski definition) is 1. The summed E-state index contributed by atoms with van der Waals surface area (Å²) in [6, 6.07) is 6.81. The van der Waals surface area contributed by atoms with Crippen LogP contribution in [-0.4, -0.2) is 32.2 Å². The van der Waals surface area contributed by atoms with Gasteiger partial charge in [0, 0.05) is 25.8 Å². The van der Waals surface area contributed by atoms with Gasteiger partial charge in [0.2, 0.25) is 0 Å². The number of aromatic nitrogens is 2. The van der Waals surface area contributed by atoms with Gasteiger partial charge in [-0.15, -0.1) is 0 Å². The number of carboxylic acid groups (broad SMARTS) is 1. The van der Waals surface area contributed by atoms with Gasteiger partial charge in [-0.05, 0) is 29.3 Å². The normalized spacial score (nSPS) is 14.5. The fourth-order valence-corrected chi connectivity index (χ4v) is 2.73. The van der Waals surface area contributed by atoms with Crippen LogP contribution >= 0.6 is 0 Å². The highest BCUT2D eigenvalue weighted by Gasteiger charge is 2.21. The second-order valence-electron chi connectivity index (χ2n) is 5.33. The van der Waals surface area contributed by atoms with E-state index in [9.17, 15) is 13.6 Å². The molecule has 3 rings (SSSR count). The third kappa shape index (κ3) is 2.99.